The van der Waals surface area contributed by atoms with Gasteiger partial charge in [-0.1, -0.05) is 18.9 Å². The second kappa shape index (κ2) is 11.2. The summed E-state index contributed by atoms with van der Waals surface area (Å²) in [6.45, 7) is 1.60. The Labute approximate surface area is 184 Å². The van der Waals surface area contributed by atoms with Gasteiger partial charge in [0.1, 0.15) is 17.0 Å². The number of pyridine rings is 1. The predicted molar refractivity (Wildman–Crippen MR) is 107 cm³/mol. The van der Waals surface area contributed by atoms with Crippen LogP contribution in [0.4, 0.5) is 14.7 Å². The van der Waals surface area contributed by atoms with E-state index in [0.717, 1.165) is 32.1 Å². The number of aromatic nitrogens is 3. The molecule has 160 valence electrons. The van der Waals surface area contributed by atoms with E-state index in [2.05, 4.69) is 32.0 Å². The molecule has 6 nitrogen and oxygen atoms in total. The molecule has 0 bridgehead atoms. The van der Waals surface area contributed by atoms with Crippen molar-refractivity contribution in [1.29, 1.82) is 0 Å². The van der Waals surface area contributed by atoms with E-state index in [-0.39, 0.29) is 17.3 Å². The normalized spacial score (nSPS) is 15.4. The molecule has 30 heavy (non-hydrogen) atoms. The first-order valence-corrected chi connectivity index (χ1v) is 10.7. The average Bonchev–Trinajstić information content (AvgIpc) is 3.67. The van der Waals surface area contributed by atoms with Gasteiger partial charge in [0.05, 0.1) is 6.20 Å². The molecular weight excluding hydrogens is 566 g/mol. The van der Waals surface area contributed by atoms with Gasteiger partial charge in [-0.05, 0) is 18.2 Å². The van der Waals surface area contributed by atoms with E-state index in [1.165, 1.54) is 25.1 Å². The monoisotopic (exact) mass is 589 g/mol. The summed E-state index contributed by atoms with van der Waals surface area (Å²) in [6, 6.07) is 6.60. The number of nitrogens with one attached hydrogen (secondary N) is 1. The van der Waals surface area contributed by atoms with Crippen molar-refractivity contribution in [3.8, 4) is 11.3 Å². The predicted octanol–water partition coefficient (Wildman–Crippen LogP) is 4.78. The Morgan fingerprint density at radius 3 is 2.53 bits per heavy atom. The third-order valence-electron chi connectivity index (χ3n) is 4.57. The van der Waals surface area contributed by atoms with Crippen molar-refractivity contribution in [1.82, 2.24) is 15.0 Å². The van der Waals surface area contributed by atoms with Crippen LogP contribution in [0.1, 0.15) is 25.7 Å². The first-order chi connectivity index (χ1) is 14.7. The zero-order valence-electron chi connectivity index (χ0n) is 16.2. The minimum absolute atomic E-state index is 0.0719. The van der Waals surface area contributed by atoms with Gasteiger partial charge >= 0.3 is 22.1 Å². The first-order valence-electron chi connectivity index (χ1n) is 9.64. The molecule has 3 aromatic rings. The summed E-state index contributed by atoms with van der Waals surface area (Å²) in [5.74, 6) is -0.753. The van der Waals surface area contributed by atoms with Gasteiger partial charge in [-0.2, -0.15) is 0 Å². The van der Waals surface area contributed by atoms with Crippen molar-refractivity contribution in [2.24, 2.45) is 0 Å². The summed E-state index contributed by atoms with van der Waals surface area (Å²) in [7, 11) is 0. The quantitative estimate of drug-likeness (QED) is 0.446. The molecule has 2 aliphatic rings. The van der Waals surface area contributed by atoms with Gasteiger partial charge in [-0.25, -0.2) is 31.6 Å². The van der Waals surface area contributed by atoms with Crippen LogP contribution in [0.15, 0.2) is 36.7 Å². The molecule has 2 fully saturated rings. The second-order valence-corrected chi connectivity index (χ2v) is 6.88. The Hall–Kier alpha value is -2.23. The molecule has 5 rings (SSSR count). The van der Waals surface area contributed by atoms with Crippen LogP contribution in [0.2, 0.25) is 0 Å². The number of hydrogen-bond donors (Lipinski definition) is 1. The number of piperidine rings is 1. The van der Waals surface area contributed by atoms with Crippen LogP contribution in [0, 0.1) is 18.1 Å². The molecule has 3 heterocycles. The van der Waals surface area contributed by atoms with Gasteiger partial charge in [0.2, 0.25) is 5.95 Å². The van der Waals surface area contributed by atoms with E-state index in [1.807, 2.05) is 0 Å². The maximum atomic E-state index is 14.3. The Bertz CT molecular complexity index is 980. The minimum atomic E-state index is -0.591. The number of nitrogens with zero attached hydrogens (tertiary/aromatic N) is 4. The SMILES string of the molecule is Fc1cnc(NC2CC[N-]CC2)nc1-c1cc(F)c2ncccc2c1.[CH-]1CC1.[O]=[Os]. The molecule has 0 radical (unpaired) electrons. The van der Waals surface area contributed by atoms with Crippen molar-refractivity contribution in [3.63, 3.8) is 0 Å². The van der Waals surface area contributed by atoms with Gasteiger partial charge < -0.3 is 17.1 Å². The molecule has 2 aromatic heterocycles. The van der Waals surface area contributed by atoms with E-state index in [0.29, 0.717) is 35.5 Å². The fourth-order valence-electron chi connectivity index (χ4n) is 3.00. The van der Waals surface area contributed by atoms with E-state index >= 15 is 0 Å². The number of anilines is 1. The molecule has 1 aliphatic carbocycles. The van der Waals surface area contributed by atoms with E-state index in [1.54, 1.807) is 18.2 Å². The van der Waals surface area contributed by atoms with Gasteiger partial charge in [0, 0.05) is 23.2 Å². The summed E-state index contributed by atoms with van der Waals surface area (Å²) >= 11 is 0.611. The number of benzene rings is 1. The fourth-order valence-corrected chi connectivity index (χ4v) is 3.00. The summed E-state index contributed by atoms with van der Waals surface area (Å²) < 4.78 is 36.8. The summed E-state index contributed by atoms with van der Waals surface area (Å²) in [5, 5.41) is 8.11. The Morgan fingerprint density at radius 2 is 1.83 bits per heavy atom. The molecule has 1 N–H and O–H groups in total. The Kier molecular flexibility index (Phi) is 8.41. The third-order valence-corrected chi connectivity index (χ3v) is 4.57. The maximum absolute atomic E-state index is 14.3. The molecule has 9 heteroatoms. The molecule has 0 atom stereocenters. The number of rotatable bonds is 3. The van der Waals surface area contributed by atoms with Crippen LogP contribution in [0.3, 0.4) is 0 Å². The summed E-state index contributed by atoms with van der Waals surface area (Å²) in [5.41, 5.74) is 0.687. The number of fused-ring (bicyclic) bond motifs is 1. The molecule has 1 saturated heterocycles. The Balaban J connectivity index is 0.000000460. The van der Waals surface area contributed by atoms with Crippen molar-refractivity contribution < 1.29 is 30.9 Å². The van der Waals surface area contributed by atoms with Crippen molar-refractivity contribution >= 4 is 16.9 Å². The average molecular weight is 588 g/mol. The molecule has 0 unspecified atom stereocenters. The van der Waals surface area contributed by atoms with Crippen molar-refractivity contribution in [3.05, 3.63) is 60.0 Å². The summed E-state index contributed by atoms with van der Waals surface area (Å²) in [6.07, 6.45) is 9.43. The van der Waals surface area contributed by atoms with Crippen LogP contribution < -0.4 is 5.32 Å². The first kappa shape index (κ1) is 22.5. The summed E-state index contributed by atoms with van der Waals surface area (Å²) in [4.78, 5) is 12.3. The molecule has 0 amide bonds. The zero-order valence-corrected chi connectivity index (χ0v) is 18.7. The molecule has 1 aromatic carbocycles. The number of hydrogen-bond acceptors (Lipinski definition) is 5. The van der Waals surface area contributed by atoms with E-state index < -0.39 is 11.6 Å². The van der Waals surface area contributed by atoms with Crippen LogP contribution in [-0.2, 0) is 22.1 Å². The fraction of sp³-hybridized carbons (Fsp3) is 0.333. The number of halogens is 2. The van der Waals surface area contributed by atoms with Gasteiger partial charge in [0.15, 0.2) is 5.82 Å². The second-order valence-electron chi connectivity index (χ2n) is 6.88. The topological polar surface area (TPSA) is 81.9 Å². The van der Waals surface area contributed by atoms with Gasteiger partial charge in [0.25, 0.3) is 0 Å². The molecule has 1 aliphatic heterocycles. The van der Waals surface area contributed by atoms with Gasteiger partial charge in [-0.3, -0.25) is 4.98 Å². The molecule has 0 spiro atoms. The van der Waals surface area contributed by atoms with E-state index in [4.69, 9.17) is 3.54 Å². The standard InChI is InChI=1S/C18H16F2N5.C3H5.O.Os/c19-14-9-12(8-11-2-1-5-22-16(11)14)17-15(20)10-23-18(25-17)24-13-3-6-21-7-4-13;1-2-3-1;;/h1-2,5,8-10,13H,3-4,6-7H2,(H,23,24,25);1H,2-3H2;;/q2*-1;;. The van der Waals surface area contributed by atoms with Crippen LogP contribution in [0.25, 0.3) is 27.5 Å². The molecular formula is C21H21F2N5OOs-2. The van der Waals surface area contributed by atoms with Crippen LogP contribution in [-0.4, -0.2) is 34.1 Å². The van der Waals surface area contributed by atoms with E-state index in [9.17, 15) is 8.78 Å². The Morgan fingerprint density at radius 1 is 1.10 bits per heavy atom. The molecule has 1 saturated carbocycles. The van der Waals surface area contributed by atoms with Gasteiger partial charge in [-0.15, -0.1) is 13.1 Å². The van der Waals surface area contributed by atoms with Crippen molar-refractivity contribution in [2.75, 3.05) is 18.4 Å². The van der Waals surface area contributed by atoms with Crippen LogP contribution >= 0.6 is 0 Å². The zero-order chi connectivity index (χ0) is 21.3. The third kappa shape index (κ3) is 6.13. The van der Waals surface area contributed by atoms with Crippen molar-refractivity contribution in [2.45, 2.75) is 31.7 Å². The van der Waals surface area contributed by atoms with Crippen LogP contribution in [0.5, 0.6) is 0 Å².